The molecule has 28 heavy (non-hydrogen) atoms. The van der Waals surface area contributed by atoms with E-state index < -0.39 is 4.92 Å². The van der Waals surface area contributed by atoms with Gasteiger partial charge in [-0.25, -0.2) is 0 Å². The second kappa shape index (κ2) is 7.56. The van der Waals surface area contributed by atoms with Gasteiger partial charge < -0.3 is 5.32 Å². The highest BCUT2D eigenvalue weighted by Gasteiger charge is 2.16. The molecular formula is C17H16N8O2S. The molecule has 0 amide bonds. The molecule has 0 aliphatic carbocycles. The number of hydrogen-bond acceptors (Lipinski definition) is 8. The lowest BCUT2D eigenvalue weighted by molar-refractivity contribution is -0.385. The van der Waals surface area contributed by atoms with Gasteiger partial charge >= 0.3 is 5.69 Å². The van der Waals surface area contributed by atoms with Gasteiger partial charge in [-0.05, 0) is 12.5 Å². The van der Waals surface area contributed by atoms with E-state index >= 15 is 0 Å². The van der Waals surface area contributed by atoms with Crippen molar-refractivity contribution in [3.63, 3.8) is 0 Å². The third-order valence-corrected chi connectivity index (χ3v) is 4.77. The number of hydrogen-bond donors (Lipinski definition) is 1. The van der Waals surface area contributed by atoms with Gasteiger partial charge in [-0.15, -0.1) is 10.2 Å². The lowest BCUT2D eigenvalue weighted by atomic mass is 10.2. The van der Waals surface area contributed by atoms with Crippen molar-refractivity contribution in [2.24, 2.45) is 0 Å². The molecule has 4 aromatic rings. The Morgan fingerprint density at radius 1 is 1.11 bits per heavy atom. The van der Waals surface area contributed by atoms with Crippen LogP contribution in [0.2, 0.25) is 0 Å². The monoisotopic (exact) mass is 396 g/mol. The molecule has 0 saturated heterocycles. The van der Waals surface area contributed by atoms with Gasteiger partial charge in [0.25, 0.3) is 0 Å². The third-order valence-electron chi connectivity index (χ3n) is 3.94. The Morgan fingerprint density at radius 2 is 1.93 bits per heavy atom. The van der Waals surface area contributed by atoms with E-state index in [1.54, 1.807) is 6.92 Å². The van der Waals surface area contributed by atoms with Gasteiger partial charge in [0.2, 0.25) is 5.13 Å². The van der Waals surface area contributed by atoms with Crippen LogP contribution in [-0.4, -0.2) is 34.7 Å². The number of nitrogens with zero attached hydrogens (tertiary/aromatic N) is 7. The molecule has 1 aromatic carbocycles. The summed E-state index contributed by atoms with van der Waals surface area (Å²) in [7, 11) is 0. The zero-order chi connectivity index (χ0) is 19.5. The van der Waals surface area contributed by atoms with E-state index in [1.165, 1.54) is 27.8 Å². The zero-order valence-electron chi connectivity index (χ0n) is 14.9. The molecule has 0 saturated carbocycles. The molecule has 0 aliphatic rings. The second-order valence-corrected chi connectivity index (χ2v) is 7.13. The summed E-state index contributed by atoms with van der Waals surface area (Å²) in [6.45, 7) is 2.60. The molecule has 0 spiro atoms. The average molecular weight is 396 g/mol. The lowest BCUT2D eigenvalue weighted by Gasteiger charge is -2.01. The van der Waals surface area contributed by atoms with Crippen LogP contribution in [0.15, 0.2) is 48.8 Å². The SMILES string of the molecule is Cc1nn(Cc2nnc(Nc3ccn(Cc4ccccc4)n3)s2)cc1[N+](=O)[O-]. The number of benzene rings is 1. The van der Waals surface area contributed by atoms with E-state index in [0.29, 0.717) is 34.7 Å². The molecule has 4 rings (SSSR count). The molecule has 0 fully saturated rings. The maximum Gasteiger partial charge on any atom is 0.309 e. The van der Waals surface area contributed by atoms with Crippen LogP contribution in [0.4, 0.5) is 16.6 Å². The van der Waals surface area contributed by atoms with E-state index in [-0.39, 0.29) is 5.69 Å². The summed E-state index contributed by atoms with van der Waals surface area (Å²) in [5.74, 6) is 0.671. The lowest BCUT2D eigenvalue weighted by Crippen LogP contribution is -2.01. The van der Waals surface area contributed by atoms with Crippen LogP contribution in [0.25, 0.3) is 0 Å². The van der Waals surface area contributed by atoms with Crippen molar-refractivity contribution in [1.29, 1.82) is 0 Å². The van der Waals surface area contributed by atoms with Gasteiger partial charge in [0, 0.05) is 12.3 Å². The first kappa shape index (κ1) is 17.8. The Hall–Kier alpha value is -3.60. The summed E-state index contributed by atoms with van der Waals surface area (Å²) >= 11 is 1.35. The molecule has 0 unspecified atom stereocenters. The van der Waals surface area contributed by atoms with Crippen LogP contribution in [0, 0.1) is 17.0 Å². The Morgan fingerprint density at radius 3 is 2.68 bits per heavy atom. The van der Waals surface area contributed by atoms with Crippen molar-refractivity contribution in [2.45, 2.75) is 20.0 Å². The molecule has 142 valence electrons. The van der Waals surface area contributed by atoms with Crippen LogP contribution in [-0.2, 0) is 13.1 Å². The van der Waals surface area contributed by atoms with Gasteiger partial charge in [-0.2, -0.15) is 10.2 Å². The minimum absolute atomic E-state index is 0.00757. The predicted octanol–water partition coefficient (Wildman–Crippen LogP) is 2.99. The first-order valence-corrected chi connectivity index (χ1v) is 9.24. The second-order valence-electron chi connectivity index (χ2n) is 6.06. The molecule has 3 aromatic heterocycles. The quantitative estimate of drug-likeness (QED) is 0.377. The highest BCUT2D eigenvalue weighted by atomic mass is 32.1. The number of anilines is 2. The average Bonchev–Trinajstić information content (AvgIpc) is 3.38. The first-order chi connectivity index (χ1) is 13.6. The number of aromatic nitrogens is 6. The molecule has 3 heterocycles. The topological polar surface area (TPSA) is 117 Å². The number of aryl methyl sites for hydroxylation is 1. The maximum absolute atomic E-state index is 10.9. The van der Waals surface area contributed by atoms with E-state index in [4.69, 9.17) is 0 Å². The number of nitrogens with one attached hydrogen (secondary N) is 1. The third kappa shape index (κ3) is 4.04. The van der Waals surface area contributed by atoms with Crippen LogP contribution in [0.3, 0.4) is 0 Å². The molecule has 10 nitrogen and oxygen atoms in total. The minimum Gasteiger partial charge on any atom is -0.313 e. The highest BCUT2D eigenvalue weighted by Crippen LogP contribution is 2.22. The predicted molar refractivity (Wildman–Crippen MR) is 104 cm³/mol. The summed E-state index contributed by atoms with van der Waals surface area (Å²) < 4.78 is 3.33. The minimum atomic E-state index is -0.447. The van der Waals surface area contributed by atoms with Crippen molar-refractivity contribution in [3.8, 4) is 0 Å². The van der Waals surface area contributed by atoms with Crippen LogP contribution in [0.1, 0.15) is 16.3 Å². The molecule has 0 bridgehead atoms. The van der Waals surface area contributed by atoms with Gasteiger partial charge in [0.15, 0.2) is 5.82 Å². The molecule has 0 radical (unpaired) electrons. The first-order valence-electron chi connectivity index (χ1n) is 8.42. The number of nitro groups is 1. The zero-order valence-corrected chi connectivity index (χ0v) is 15.7. The number of rotatable bonds is 7. The normalized spacial score (nSPS) is 10.9. The smallest absolute Gasteiger partial charge is 0.309 e. The standard InChI is InChI=1S/C17H16N8O2S/c1-12-14(25(26)27)10-24(21-12)11-16-19-20-17(28-16)18-15-7-8-23(22-15)9-13-5-3-2-4-6-13/h2-8,10H,9,11H2,1H3,(H,18,20,22). The van der Waals surface area contributed by atoms with Gasteiger partial charge in [-0.3, -0.25) is 19.5 Å². The summed E-state index contributed by atoms with van der Waals surface area (Å²) in [6, 6.07) is 11.9. The molecule has 11 heteroatoms. The van der Waals surface area contributed by atoms with Gasteiger partial charge in [-0.1, -0.05) is 41.7 Å². The van der Waals surface area contributed by atoms with E-state index in [0.717, 1.165) is 0 Å². The van der Waals surface area contributed by atoms with Crippen molar-refractivity contribution in [3.05, 3.63) is 75.2 Å². The van der Waals surface area contributed by atoms with Gasteiger partial charge in [0.05, 0.1) is 18.0 Å². The fourth-order valence-electron chi connectivity index (χ4n) is 2.67. The van der Waals surface area contributed by atoms with E-state index in [2.05, 4.69) is 25.7 Å². The Balaban J connectivity index is 1.40. The summed E-state index contributed by atoms with van der Waals surface area (Å²) in [6.07, 6.45) is 3.29. The van der Waals surface area contributed by atoms with Crippen molar-refractivity contribution >= 4 is 28.0 Å². The molecular weight excluding hydrogens is 380 g/mol. The summed E-state index contributed by atoms with van der Waals surface area (Å²) in [4.78, 5) is 10.5. The van der Waals surface area contributed by atoms with Crippen LogP contribution < -0.4 is 5.32 Å². The van der Waals surface area contributed by atoms with Crippen molar-refractivity contribution in [1.82, 2.24) is 29.8 Å². The van der Waals surface area contributed by atoms with Crippen LogP contribution >= 0.6 is 11.3 Å². The summed E-state index contributed by atoms with van der Waals surface area (Å²) in [5.41, 5.74) is 1.53. The largest absolute Gasteiger partial charge is 0.313 e. The van der Waals surface area contributed by atoms with E-state index in [9.17, 15) is 10.1 Å². The molecule has 1 N–H and O–H groups in total. The highest BCUT2D eigenvalue weighted by molar-refractivity contribution is 7.15. The van der Waals surface area contributed by atoms with Crippen molar-refractivity contribution < 1.29 is 4.92 Å². The maximum atomic E-state index is 10.9. The molecule has 0 aliphatic heterocycles. The summed E-state index contributed by atoms with van der Waals surface area (Å²) in [5, 5.41) is 32.2. The van der Waals surface area contributed by atoms with E-state index in [1.807, 2.05) is 47.3 Å². The Labute approximate surface area is 163 Å². The Bertz CT molecular complexity index is 1100. The van der Waals surface area contributed by atoms with Crippen LogP contribution in [0.5, 0.6) is 0 Å². The van der Waals surface area contributed by atoms with Crippen molar-refractivity contribution in [2.75, 3.05) is 5.32 Å². The fraction of sp³-hybridized carbons (Fsp3) is 0.176. The van der Waals surface area contributed by atoms with Gasteiger partial charge in [0.1, 0.15) is 16.9 Å². The Kier molecular flexibility index (Phi) is 4.81. The fourth-order valence-corrected chi connectivity index (χ4v) is 3.41. The molecule has 0 atom stereocenters.